The lowest BCUT2D eigenvalue weighted by molar-refractivity contribution is 0.0982. The lowest BCUT2D eigenvalue weighted by atomic mass is 9.99. The van der Waals surface area contributed by atoms with Crippen LogP contribution in [0.4, 0.5) is 68.2 Å². The summed E-state index contributed by atoms with van der Waals surface area (Å²) in [5, 5.41) is 41.5. The van der Waals surface area contributed by atoms with Gasteiger partial charge in [-0.3, -0.25) is 14.4 Å². The van der Waals surface area contributed by atoms with Crippen LogP contribution >= 0.6 is 34.8 Å². The van der Waals surface area contributed by atoms with E-state index in [1.165, 1.54) is 21.3 Å². The molecular formula is C100H76Cl3N13O6. The summed E-state index contributed by atoms with van der Waals surface area (Å²) in [4.78, 5) is 63.0. The Morgan fingerprint density at radius 1 is 0.361 bits per heavy atom. The summed E-state index contributed by atoms with van der Waals surface area (Å²) in [6.45, 7) is 5.88. The molecule has 0 aliphatic heterocycles. The Kier molecular flexibility index (Phi) is 20.9. The van der Waals surface area contributed by atoms with E-state index in [-0.39, 0.29) is 40.5 Å². The third-order valence-corrected chi connectivity index (χ3v) is 23.3. The van der Waals surface area contributed by atoms with E-state index in [2.05, 4.69) is 45.5 Å². The maximum absolute atomic E-state index is 15.1. The van der Waals surface area contributed by atoms with E-state index >= 15 is 14.4 Å². The molecule has 0 saturated carbocycles. The maximum Gasteiger partial charge on any atom is 0.261 e. The molecule has 0 aliphatic carbocycles. The van der Waals surface area contributed by atoms with Crippen molar-refractivity contribution in [1.29, 1.82) is 0 Å². The highest BCUT2D eigenvalue weighted by Crippen LogP contribution is 2.51. The van der Waals surface area contributed by atoms with Gasteiger partial charge in [-0.1, -0.05) is 139 Å². The number of aromatic nitrogens is 3. The predicted octanol–water partition coefficient (Wildman–Crippen LogP) is 28.1. The number of carbonyl (C=O) groups excluding carboxylic acids is 3. The molecule has 18 rings (SSSR count). The van der Waals surface area contributed by atoms with E-state index < -0.39 is 0 Å². The van der Waals surface area contributed by atoms with Gasteiger partial charge in [0.15, 0.2) is 17.2 Å². The van der Waals surface area contributed by atoms with Crippen LogP contribution in [0.25, 0.3) is 97.7 Å². The van der Waals surface area contributed by atoms with Gasteiger partial charge in [0.2, 0.25) is 0 Å². The largest absolute Gasteiger partial charge is 0.494 e. The number of ether oxygens (including phenoxy) is 3. The van der Waals surface area contributed by atoms with Gasteiger partial charge in [0.1, 0.15) is 17.1 Å². The molecule has 19 nitrogen and oxygen atoms in total. The summed E-state index contributed by atoms with van der Waals surface area (Å²) < 4.78 is 18.9. The fourth-order valence-electron chi connectivity index (χ4n) is 16.7. The number of hydrogen-bond acceptors (Lipinski definition) is 13. The quantitative estimate of drug-likeness (QED) is 0.0495. The minimum absolute atomic E-state index is 0.214. The van der Waals surface area contributed by atoms with E-state index in [0.717, 1.165) is 116 Å². The van der Waals surface area contributed by atoms with Crippen molar-refractivity contribution in [3.63, 3.8) is 0 Å². The highest BCUT2D eigenvalue weighted by atomic mass is 35.5. The number of amides is 3. The zero-order chi connectivity index (χ0) is 84.3. The lowest BCUT2D eigenvalue weighted by Crippen LogP contribution is -2.27. The van der Waals surface area contributed by atoms with Crippen molar-refractivity contribution in [3.8, 4) is 29.1 Å². The monoisotopic (exact) mass is 1660 g/mol. The van der Waals surface area contributed by atoms with Crippen LogP contribution in [0, 0.1) is 11.8 Å². The van der Waals surface area contributed by atoms with E-state index in [0.29, 0.717) is 106 Å². The normalized spacial score (nSPS) is 11.8. The molecule has 122 heavy (non-hydrogen) atoms. The second kappa shape index (κ2) is 32.6. The number of hydrogen-bond donors (Lipinski definition) is 3. The van der Waals surface area contributed by atoms with Crippen LogP contribution < -0.4 is 33.8 Å². The number of carbonyl (C=O) groups is 3. The number of aryl methyl sites for hydroxylation is 2. The molecule has 0 spiro atoms. The van der Waals surface area contributed by atoms with Gasteiger partial charge < -0.3 is 48.8 Å². The first-order valence-electron chi connectivity index (χ1n) is 39.6. The highest BCUT2D eigenvalue weighted by molar-refractivity contribution is 6.34. The van der Waals surface area contributed by atoms with Crippen molar-refractivity contribution in [1.82, 2.24) is 15.0 Å². The molecular weight excluding hydrogens is 1590 g/mol. The molecule has 0 radical (unpaired) electrons. The number of aromatic amines is 3. The second-order valence-corrected chi connectivity index (χ2v) is 30.9. The topological polar surface area (TPSA) is 213 Å². The Hall–Kier alpha value is -14.7. The third kappa shape index (κ3) is 14.0. The zero-order valence-corrected chi connectivity index (χ0v) is 70.0. The number of nitrogens with zero attached hydrogens (tertiary/aromatic N) is 10. The molecule has 0 fully saturated rings. The van der Waals surface area contributed by atoms with Gasteiger partial charge in [0.05, 0.1) is 77.3 Å². The number of azo groups is 3. The lowest BCUT2D eigenvalue weighted by Gasteiger charge is -2.25. The average Bonchev–Trinajstić information content (AvgIpc) is 1.72. The van der Waals surface area contributed by atoms with Crippen molar-refractivity contribution in [2.75, 3.05) is 62.1 Å². The van der Waals surface area contributed by atoms with Crippen LogP contribution in [0.3, 0.4) is 0 Å². The third-order valence-electron chi connectivity index (χ3n) is 22.6. The smallest absolute Gasteiger partial charge is 0.261 e. The molecule has 0 bridgehead atoms. The number of rotatable bonds is 20. The number of methoxy groups -OCH3 is 3. The van der Waals surface area contributed by atoms with E-state index in [1.54, 1.807) is 42.8 Å². The second-order valence-electron chi connectivity index (χ2n) is 29.6. The number of para-hydroxylation sites is 3. The Bertz CT molecular complexity index is 7220. The van der Waals surface area contributed by atoms with Crippen molar-refractivity contribution >= 4 is 219 Å². The SMILES string of the molecule is CC#Cc1ccccc1N(C)C(=O)c1cc2ccc3c4cc(Cl)ccc4[nH]c3c2c(N=Nc2ccc(N(c3ccc(N=Nc4c(OC)c(C(=O)N(C)c5ccccc5CC)cc5ccc6c7cc(Cl)ccc7[nH]c6c45)cc3)c3ccc(N=Nc4c(OC)c(C(=O)N(C)c5ccccc5CC)cc5ccc6c7cc(Cl)ccc7[nH]c6c45)cc3)cc2)c1OC. The number of anilines is 6. The van der Waals surface area contributed by atoms with Crippen LogP contribution in [-0.2, 0) is 12.8 Å². The molecule has 0 saturated heterocycles. The first-order valence-corrected chi connectivity index (χ1v) is 40.7. The summed E-state index contributed by atoms with van der Waals surface area (Å²) in [6.07, 6.45) is 1.43. The number of nitrogens with one attached hydrogen (secondary N) is 3. The van der Waals surface area contributed by atoms with E-state index in [4.69, 9.17) is 79.7 Å². The van der Waals surface area contributed by atoms with Crippen molar-refractivity contribution < 1.29 is 28.6 Å². The zero-order valence-electron chi connectivity index (χ0n) is 67.7. The van der Waals surface area contributed by atoms with Gasteiger partial charge in [-0.15, -0.1) is 21.3 Å². The molecule has 0 aliphatic rings. The van der Waals surface area contributed by atoms with Gasteiger partial charge in [0, 0.05) is 135 Å². The molecule has 3 amide bonds. The van der Waals surface area contributed by atoms with E-state index in [9.17, 15) is 0 Å². The van der Waals surface area contributed by atoms with Gasteiger partial charge in [-0.2, -0.15) is 15.3 Å². The fraction of sp³-hybridized carbons (Fsp3) is 0.110. The number of benzene rings is 15. The molecule has 3 heterocycles. The molecule has 3 aromatic heterocycles. The molecule has 3 N–H and O–H groups in total. The number of fused-ring (bicyclic) bond motifs is 15. The first kappa shape index (κ1) is 78.5. The maximum atomic E-state index is 15.1. The standard InChI is InChI=1S/C100H76Cl3N13O6/c1-10-19-58-22-15-18-25-85(58)115(6)100(119)79-52-61-28-46-73-76-55-64(103)31-49-82(76)106-91(73)88(61)94(97(79)122-9)112-109-67-36-42-70(43-37-67)116(68-38-32-65(33-39-68)107-110-92-86-59(26-44-71-74-53-62(101)29-47-80(74)104-89(71)86)50-77(95(92)120-7)98(117)113(4)83-23-16-13-20-56(83)11-2)69-40-34-66(35-41-69)108-111-93-87-60(27-45-72-75-54-63(102)30-48-81(75)105-90(72)87)51-78(96(93)121-8)99(118)114(5)84-24-17-14-21-57(84)12-3/h13-18,20-55,104-106H,11-12H2,1-9H3. The molecule has 0 unspecified atom stereocenters. The minimum Gasteiger partial charge on any atom is -0.494 e. The molecule has 598 valence electrons. The Morgan fingerprint density at radius 3 is 0.992 bits per heavy atom. The summed E-state index contributed by atoms with van der Waals surface area (Å²) >= 11 is 19.9. The first-order chi connectivity index (χ1) is 59.4. The van der Waals surface area contributed by atoms with Crippen molar-refractivity contribution in [3.05, 3.63) is 303 Å². The minimum atomic E-state index is -0.349. The molecule has 0 atom stereocenters. The summed E-state index contributed by atoms with van der Waals surface area (Å²) in [7, 11) is 9.86. The average molecular weight is 1660 g/mol. The van der Waals surface area contributed by atoms with E-state index in [1.807, 2.05) is 255 Å². The predicted molar refractivity (Wildman–Crippen MR) is 497 cm³/mol. The van der Waals surface area contributed by atoms with Gasteiger partial charge in [-0.05, 0) is 217 Å². The Morgan fingerprint density at radius 2 is 0.672 bits per heavy atom. The van der Waals surface area contributed by atoms with Crippen LogP contribution in [0.5, 0.6) is 17.2 Å². The number of halogens is 3. The van der Waals surface area contributed by atoms with Crippen LogP contribution in [0.2, 0.25) is 15.1 Å². The molecule has 22 heteroatoms. The fourth-order valence-corrected chi connectivity index (χ4v) is 17.2. The summed E-state index contributed by atoms with van der Waals surface area (Å²) in [6, 6.07) is 80.8. The van der Waals surface area contributed by atoms with Crippen molar-refractivity contribution in [2.45, 2.75) is 33.6 Å². The van der Waals surface area contributed by atoms with Crippen molar-refractivity contribution in [2.24, 2.45) is 30.7 Å². The summed E-state index contributed by atoms with van der Waals surface area (Å²) in [5.74, 6) is 5.89. The molecule has 15 aromatic carbocycles. The van der Waals surface area contributed by atoms with Crippen LogP contribution in [0.15, 0.2) is 285 Å². The Balaban J connectivity index is 0.758. The summed E-state index contributed by atoms with van der Waals surface area (Å²) in [5.41, 5.74) is 15.2. The van der Waals surface area contributed by atoms with Gasteiger partial charge in [0.25, 0.3) is 17.7 Å². The Labute approximate surface area is 716 Å². The highest BCUT2D eigenvalue weighted by Gasteiger charge is 2.31. The van der Waals surface area contributed by atoms with Crippen LogP contribution in [0.1, 0.15) is 68.5 Å². The molecule has 18 aromatic rings. The van der Waals surface area contributed by atoms with Gasteiger partial charge >= 0.3 is 0 Å². The number of H-pyrrole nitrogens is 3. The van der Waals surface area contributed by atoms with Crippen LogP contribution in [-0.4, -0.2) is 75.1 Å². The van der Waals surface area contributed by atoms with Gasteiger partial charge in [-0.25, -0.2) is 0 Å².